The summed E-state index contributed by atoms with van der Waals surface area (Å²) in [4.78, 5) is 5.15. The summed E-state index contributed by atoms with van der Waals surface area (Å²) in [5, 5.41) is 10.2. The molecule has 4 nitrogen and oxygen atoms in total. The summed E-state index contributed by atoms with van der Waals surface area (Å²) in [6.45, 7) is -3.81. The van der Waals surface area contributed by atoms with Gasteiger partial charge in [0.2, 0.25) is 0 Å². The number of alkyl halides is 6. The number of hydrogen-bond acceptors (Lipinski definition) is 4. The molecule has 0 bridgehead atoms. The quantitative estimate of drug-likeness (QED) is 0.590. The van der Waals surface area contributed by atoms with Gasteiger partial charge in [0.15, 0.2) is 11.6 Å². The summed E-state index contributed by atoms with van der Waals surface area (Å²) in [6, 6.07) is 2.66. The van der Waals surface area contributed by atoms with Crippen molar-refractivity contribution in [1.29, 1.82) is 0 Å². The number of aliphatic hydroxyl groups is 1. The zero-order valence-electron chi connectivity index (χ0n) is 14.7. The molecule has 2 heterocycles. The largest absolute Gasteiger partial charge is 0.431 e. The second-order valence-corrected chi connectivity index (χ2v) is 7.91. The minimum atomic E-state index is -4.86. The van der Waals surface area contributed by atoms with E-state index in [0.29, 0.717) is 12.3 Å². The molecule has 0 amide bonds. The van der Waals surface area contributed by atoms with E-state index in [1.165, 1.54) is 12.1 Å². The van der Waals surface area contributed by atoms with Crippen molar-refractivity contribution in [3.8, 4) is 0 Å². The lowest BCUT2D eigenvalue weighted by Crippen LogP contribution is -2.41. The van der Waals surface area contributed by atoms with Crippen LogP contribution in [-0.4, -0.2) is 41.3 Å². The predicted octanol–water partition coefficient (Wildman–Crippen LogP) is 4.86. The van der Waals surface area contributed by atoms with E-state index in [1.807, 2.05) is 0 Å². The average molecular weight is 501 g/mol. The number of aliphatic hydroxyl groups excluding tert-OH is 1. The van der Waals surface area contributed by atoms with Crippen molar-refractivity contribution in [2.45, 2.75) is 37.0 Å². The van der Waals surface area contributed by atoms with E-state index in [-0.39, 0.29) is 28.0 Å². The second-order valence-electron chi connectivity index (χ2n) is 7.05. The van der Waals surface area contributed by atoms with Gasteiger partial charge in [-0.1, -0.05) is 6.07 Å². The number of aliphatic imine (C=N–C) groups is 1. The van der Waals surface area contributed by atoms with Crippen LogP contribution in [0.25, 0.3) is 0 Å². The van der Waals surface area contributed by atoms with Crippen LogP contribution in [0.5, 0.6) is 0 Å². The van der Waals surface area contributed by atoms with Crippen LogP contribution in [0.3, 0.4) is 0 Å². The monoisotopic (exact) mass is 500 g/mol. The van der Waals surface area contributed by atoms with E-state index >= 15 is 0 Å². The van der Waals surface area contributed by atoms with Crippen LogP contribution in [0.2, 0.25) is 0 Å². The zero-order valence-corrected chi connectivity index (χ0v) is 16.3. The van der Waals surface area contributed by atoms with Crippen molar-refractivity contribution in [1.82, 2.24) is 4.90 Å². The van der Waals surface area contributed by atoms with Gasteiger partial charge in [0.05, 0.1) is 16.6 Å². The molecule has 3 atom stereocenters. The Hall–Kier alpha value is -2.08. The third kappa shape index (κ3) is 3.29. The van der Waals surface area contributed by atoms with Gasteiger partial charge in [-0.15, -0.1) is 0 Å². The summed E-state index contributed by atoms with van der Waals surface area (Å²) in [6.07, 6.45) is -8.11. The highest BCUT2D eigenvalue weighted by Crippen LogP contribution is 2.50. The average Bonchev–Trinajstić information content (AvgIpc) is 3.00. The van der Waals surface area contributed by atoms with E-state index in [2.05, 4.69) is 25.7 Å². The Morgan fingerprint density at radius 3 is 2.63 bits per heavy atom. The summed E-state index contributed by atoms with van der Waals surface area (Å²) in [5.41, 5.74) is -3.19. The van der Waals surface area contributed by atoms with Crippen molar-refractivity contribution in [3.63, 3.8) is 0 Å². The lowest BCUT2D eigenvalue weighted by molar-refractivity contribution is -0.0981. The molecule has 2 unspecified atom stereocenters. The third-order valence-electron chi connectivity index (χ3n) is 5.17. The normalized spacial score (nSPS) is 28.2. The first kappa shape index (κ1) is 21.2. The molecule has 2 aliphatic heterocycles. The highest BCUT2D eigenvalue weighted by Gasteiger charge is 2.52. The first-order valence-electron chi connectivity index (χ1n) is 8.56. The Labute approximate surface area is 173 Å². The van der Waals surface area contributed by atoms with Gasteiger partial charge in [-0.05, 0) is 33.6 Å². The Bertz CT molecular complexity index is 991. The second kappa shape index (κ2) is 6.98. The summed E-state index contributed by atoms with van der Waals surface area (Å²) in [5.74, 6) is -2.13. The van der Waals surface area contributed by atoms with E-state index < -0.39 is 54.2 Å². The molecule has 0 saturated heterocycles. The van der Waals surface area contributed by atoms with Crippen molar-refractivity contribution >= 4 is 21.8 Å². The highest BCUT2D eigenvalue weighted by atomic mass is 79.9. The smallest absolute Gasteiger partial charge is 0.417 e. The Morgan fingerprint density at radius 1 is 1.30 bits per heavy atom. The molecule has 1 spiro atoms. The predicted molar refractivity (Wildman–Crippen MR) is 93.7 cm³/mol. The third-order valence-corrected chi connectivity index (χ3v) is 5.79. The minimum absolute atomic E-state index is 0.0474. The van der Waals surface area contributed by atoms with Gasteiger partial charge in [-0.3, -0.25) is 4.99 Å². The fraction of sp³-hybridized carbons (Fsp3) is 0.389. The number of allylic oxidation sites excluding steroid dienone is 2. The van der Waals surface area contributed by atoms with Gasteiger partial charge in [0.1, 0.15) is 23.6 Å². The molecule has 12 heteroatoms. The summed E-state index contributed by atoms with van der Waals surface area (Å²) >= 11 is 2.94. The number of amidine groups is 1. The maximum atomic E-state index is 14.6. The lowest BCUT2D eigenvalue weighted by Gasteiger charge is -2.38. The van der Waals surface area contributed by atoms with Gasteiger partial charge >= 0.3 is 12.8 Å². The van der Waals surface area contributed by atoms with Crippen molar-refractivity contribution in [2.24, 2.45) is 4.99 Å². The van der Waals surface area contributed by atoms with Crippen LogP contribution >= 0.6 is 15.9 Å². The molecular formula is C18H12BrF7N2O2. The van der Waals surface area contributed by atoms with E-state index in [1.54, 1.807) is 0 Å². The number of hydrogen-bond donors (Lipinski definition) is 1. The molecule has 1 aromatic rings. The van der Waals surface area contributed by atoms with E-state index in [0.717, 1.165) is 4.90 Å². The van der Waals surface area contributed by atoms with Gasteiger partial charge in [0.25, 0.3) is 0 Å². The van der Waals surface area contributed by atoms with E-state index in [9.17, 15) is 35.8 Å². The molecule has 0 fully saturated rings. The maximum Gasteiger partial charge on any atom is 0.417 e. The maximum absolute atomic E-state index is 14.6. The number of halogens is 8. The molecule has 1 N–H and O–H groups in total. The van der Waals surface area contributed by atoms with Gasteiger partial charge in [-0.25, -0.2) is 8.78 Å². The Kier molecular flexibility index (Phi) is 4.92. The molecule has 4 rings (SSSR count). The molecule has 0 aromatic heterocycles. The zero-order chi connectivity index (χ0) is 22.0. The molecule has 1 aliphatic carbocycles. The van der Waals surface area contributed by atoms with Crippen molar-refractivity contribution in [3.05, 3.63) is 57.2 Å². The number of rotatable bonds is 2. The summed E-state index contributed by atoms with van der Waals surface area (Å²) < 4.78 is 98.7. The van der Waals surface area contributed by atoms with Crippen LogP contribution in [0.1, 0.15) is 23.7 Å². The molecular weight excluding hydrogens is 489 g/mol. The fourth-order valence-electron chi connectivity index (χ4n) is 3.95. The van der Waals surface area contributed by atoms with Crippen LogP contribution in [0.15, 0.2) is 45.2 Å². The molecule has 162 valence electrons. The SMILES string of the molecule is OC1c2c(ccc(Br)c2F)[C@@]2(CC1F)CN1C=C(C(F)(F)F)C=C(OC(F)F)C1=N2. The molecule has 3 aliphatic rings. The van der Waals surface area contributed by atoms with Crippen molar-refractivity contribution < 1.29 is 40.6 Å². The first-order chi connectivity index (χ1) is 13.9. The van der Waals surface area contributed by atoms with Crippen LogP contribution in [-0.2, 0) is 10.3 Å². The first-order valence-corrected chi connectivity index (χ1v) is 9.35. The minimum Gasteiger partial charge on any atom is -0.431 e. The fourth-order valence-corrected chi connectivity index (χ4v) is 4.30. The van der Waals surface area contributed by atoms with Crippen LogP contribution in [0.4, 0.5) is 30.7 Å². The lowest BCUT2D eigenvalue weighted by atomic mass is 9.74. The molecule has 1 aromatic carbocycles. The Morgan fingerprint density at radius 2 is 2.00 bits per heavy atom. The number of ether oxygens (including phenoxy) is 1. The van der Waals surface area contributed by atoms with Gasteiger partial charge in [-0.2, -0.15) is 22.0 Å². The molecule has 0 saturated carbocycles. The van der Waals surface area contributed by atoms with Crippen LogP contribution in [0, 0.1) is 5.82 Å². The van der Waals surface area contributed by atoms with Gasteiger partial charge in [0, 0.05) is 18.2 Å². The van der Waals surface area contributed by atoms with E-state index in [4.69, 9.17) is 0 Å². The van der Waals surface area contributed by atoms with Crippen LogP contribution < -0.4 is 0 Å². The standard InChI is InChI=1S/C18H12BrF7N2O2/c19-9-2-1-8-12(13(9)21)14(29)10(20)4-17(8)6-28-5-7(18(24,25)26)3-11(15(28)27-17)30-16(22)23/h1-3,5,10,14,16,29H,4,6H2/t10?,14?,17-/m1/s1. The Balaban J connectivity index is 1.87. The highest BCUT2D eigenvalue weighted by molar-refractivity contribution is 9.10. The number of nitrogens with zero attached hydrogens (tertiary/aromatic N) is 2. The van der Waals surface area contributed by atoms with Gasteiger partial charge < -0.3 is 14.7 Å². The van der Waals surface area contributed by atoms with Crippen molar-refractivity contribution in [2.75, 3.05) is 6.54 Å². The molecule has 0 radical (unpaired) electrons. The number of benzene rings is 1. The summed E-state index contributed by atoms with van der Waals surface area (Å²) in [7, 11) is 0. The topological polar surface area (TPSA) is 45.1 Å². The number of fused-ring (bicyclic) bond motifs is 3. The molecule has 30 heavy (non-hydrogen) atoms.